The van der Waals surface area contributed by atoms with Crippen molar-refractivity contribution in [1.82, 2.24) is 10.2 Å². The summed E-state index contributed by atoms with van der Waals surface area (Å²) in [6.07, 6.45) is 4.56. The van der Waals surface area contributed by atoms with Gasteiger partial charge in [0.1, 0.15) is 0 Å². The van der Waals surface area contributed by atoms with Crippen molar-refractivity contribution in [3.05, 3.63) is 59.7 Å². The topological polar surface area (TPSA) is 73.9 Å². The van der Waals surface area contributed by atoms with Crippen molar-refractivity contribution in [2.75, 3.05) is 56.7 Å². The minimum atomic E-state index is -0.119. The van der Waals surface area contributed by atoms with E-state index in [1.54, 1.807) is 7.11 Å². The van der Waals surface area contributed by atoms with Crippen molar-refractivity contribution in [2.45, 2.75) is 52.5 Å². The molecule has 0 saturated carbocycles. The van der Waals surface area contributed by atoms with Crippen molar-refractivity contribution in [3.63, 3.8) is 0 Å². The maximum atomic E-state index is 13.2. The van der Waals surface area contributed by atoms with Gasteiger partial charge in [-0.15, -0.1) is 0 Å². The number of nitrogens with one attached hydrogen (secondary N) is 2. The van der Waals surface area contributed by atoms with E-state index >= 15 is 0 Å². The first kappa shape index (κ1) is 28.7. The number of hydrogen-bond donors (Lipinski definition) is 2. The molecule has 1 atom stereocenters. The zero-order valence-electron chi connectivity index (χ0n) is 22.8. The molecule has 37 heavy (non-hydrogen) atoms. The molecular formula is C30H44N4O3. The fourth-order valence-corrected chi connectivity index (χ4v) is 4.79. The molecule has 1 heterocycles. The number of rotatable bonds is 14. The van der Waals surface area contributed by atoms with E-state index < -0.39 is 0 Å². The van der Waals surface area contributed by atoms with Gasteiger partial charge in [0.05, 0.1) is 5.56 Å². The Morgan fingerprint density at radius 3 is 2.43 bits per heavy atom. The molecule has 0 aromatic heterocycles. The summed E-state index contributed by atoms with van der Waals surface area (Å²) >= 11 is 0. The summed E-state index contributed by atoms with van der Waals surface area (Å²) in [5, 5.41) is 6.10. The van der Waals surface area contributed by atoms with Crippen molar-refractivity contribution < 1.29 is 14.3 Å². The first-order chi connectivity index (χ1) is 18.0. The maximum absolute atomic E-state index is 13.2. The fraction of sp³-hybridized carbons (Fsp3) is 0.533. The van der Waals surface area contributed by atoms with Gasteiger partial charge in [-0.3, -0.25) is 14.5 Å². The zero-order valence-corrected chi connectivity index (χ0v) is 22.8. The third-order valence-corrected chi connectivity index (χ3v) is 7.05. The number of carbonyl (C=O) groups is 2. The van der Waals surface area contributed by atoms with E-state index in [2.05, 4.69) is 58.5 Å². The highest BCUT2D eigenvalue weighted by Gasteiger charge is 2.23. The highest BCUT2D eigenvalue weighted by Crippen LogP contribution is 2.27. The van der Waals surface area contributed by atoms with Crippen LogP contribution in [0.15, 0.2) is 48.5 Å². The Morgan fingerprint density at radius 2 is 1.76 bits per heavy atom. The van der Waals surface area contributed by atoms with Gasteiger partial charge in [0, 0.05) is 70.3 Å². The number of ether oxygens (including phenoxy) is 1. The summed E-state index contributed by atoms with van der Waals surface area (Å²) in [5.41, 5.74) is 3.51. The minimum Gasteiger partial charge on any atom is -0.385 e. The fourth-order valence-electron chi connectivity index (χ4n) is 4.79. The van der Waals surface area contributed by atoms with Crippen LogP contribution in [0.3, 0.4) is 0 Å². The van der Waals surface area contributed by atoms with Crippen molar-refractivity contribution in [3.8, 4) is 0 Å². The van der Waals surface area contributed by atoms with E-state index in [1.165, 1.54) is 5.56 Å². The molecule has 202 valence electrons. The average molecular weight is 509 g/mol. The molecule has 3 rings (SSSR count). The van der Waals surface area contributed by atoms with Crippen LogP contribution in [-0.4, -0.2) is 63.2 Å². The Bertz CT molecular complexity index is 974. The number of anilines is 2. The summed E-state index contributed by atoms with van der Waals surface area (Å²) < 4.78 is 5.11. The largest absolute Gasteiger partial charge is 0.385 e. The molecule has 1 aliphatic heterocycles. The van der Waals surface area contributed by atoms with Crippen LogP contribution >= 0.6 is 0 Å². The van der Waals surface area contributed by atoms with Crippen LogP contribution in [0.4, 0.5) is 11.4 Å². The molecule has 2 aromatic rings. The van der Waals surface area contributed by atoms with Gasteiger partial charge in [-0.05, 0) is 43.0 Å². The van der Waals surface area contributed by atoms with Crippen LogP contribution in [0, 0.1) is 5.92 Å². The lowest BCUT2D eigenvalue weighted by Gasteiger charge is -2.37. The summed E-state index contributed by atoms with van der Waals surface area (Å²) in [4.78, 5) is 30.9. The number of hydrogen-bond acceptors (Lipinski definition) is 5. The predicted molar refractivity (Wildman–Crippen MR) is 151 cm³/mol. The van der Waals surface area contributed by atoms with Crippen LogP contribution in [0.2, 0.25) is 0 Å². The van der Waals surface area contributed by atoms with Crippen molar-refractivity contribution in [2.24, 2.45) is 5.92 Å². The number of amides is 2. The molecule has 0 spiro atoms. The molecule has 0 bridgehead atoms. The lowest BCUT2D eigenvalue weighted by Crippen LogP contribution is -2.46. The Balaban J connectivity index is 1.71. The van der Waals surface area contributed by atoms with E-state index in [-0.39, 0.29) is 17.7 Å². The summed E-state index contributed by atoms with van der Waals surface area (Å²) in [7, 11) is 1.66. The van der Waals surface area contributed by atoms with E-state index in [0.29, 0.717) is 24.4 Å². The van der Waals surface area contributed by atoms with Crippen LogP contribution < -0.4 is 15.5 Å². The SMILES string of the molecule is CCCCC(CC)C(=O)Nc1ccc(N2CCN(Cc3ccccc3)CC2)c(C(=O)NCCCOC)c1. The van der Waals surface area contributed by atoms with Crippen LogP contribution in [0.25, 0.3) is 0 Å². The van der Waals surface area contributed by atoms with Crippen LogP contribution in [0.5, 0.6) is 0 Å². The molecule has 1 saturated heterocycles. The summed E-state index contributed by atoms with van der Waals surface area (Å²) in [6, 6.07) is 16.3. The minimum absolute atomic E-state index is 0.0105. The van der Waals surface area contributed by atoms with Crippen LogP contribution in [0.1, 0.15) is 61.9 Å². The molecule has 1 aliphatic rings. The third kappa shape index (κ3) is 8.86. The Morgan fingerprint density at radius 1 is 1.00 bits per heavy atom. The quantitative estimate of drug-likeness (QED) is 0.354. The predicted octanol–water partition coefficient (Wildman–Crippen LogP) is 4.93. The van der Waals surface area contributed by atoms with Gasteiger partial charge in [-0.2, -0.15) is 0 Å². The van der Waals surface area contributed by atoms with E-state index in [0.717, 1.165) is 70.5 Å². The summed E-state index contributed by atoms with van der Waals surface area (Å²) in [5.74, 6) is -0.0970. The van der Waals surface area contributed by atoms with Crippen molar-refractivity contribution >= 4 is 23.2 Å². The normalized spacial score (nSPS) is 14.8. The molecule has 0 aliphatic carbocycles. The number of unbranched alkanes of at least 4 members (excludes halogenated alkanes) is 1. The zero-order chi connectivity index (χ0) is 26.5. The Hall–Kier alpha value is -2.90. The number of carbonyl (C=O) groups excluding carboxylic acids is 2. The Kier molecular flexibility index (Phi) is 11.9. The van der Waals surface area contributed by atoms with E-state index in [1.807, 2.05) is 24.3 Å². The molecule has 2 amide bonds. The van der Waals surface area contributed by atoms with Crippen molar-refractivity contribution in [1.29, 1.82) is 0 Å². The molecule has 0 radical (unpaired) electrons. The molecule has 1 unspecified atom stereocenters. The first-order valence-corrected chi connectivity index (χ1v) is 13.8. The van der Waals surface area contributed by atoms with E-state index in [9.17, 15) is 9.59 Å². The van der Waals surface area contributed by atoms with Gasteiger partial charge in [-0.25, -0.2) is 0 Å². The average Bonchev–Trinajstić information content (AvgIpc) is 2.92. The maximum Gasteiger partial charge on any atom is 0.253 e. The highest BCUT2D eigenvalue weighted by atomic mass is 16.5. The number of nitrogens with zero attached hydrogens (tertiary/aromatic N) is 2. The second-order valence-corrected chi connectivity index (χ2v) is 9.82. The second kappa shape index (κ2) is 15.4. The van der Waals surface area contributed by atoms with Gasteiger partial charge in [-0.1, -0.05) is 57.0 Å². The van der Waals surface area contributed by atoms with Gasteiger partial charge in [0.2, 0.25) is 5.91 Å². The number of piperazine rings is 1. The molecule has 2 N–H and O–H groups in total. The number of benzene rings is 2. The lowest BCUT2D eigenvalue weighted by molar-refractivity contribution is -0.120. The van der Waals surface area contributed by atoms with Gasteiger partial charge < -0.3 is 20.3 Å². The smallest absolute Gasteiger partial charge is 0.253 e. The first-order valence-electron chi connectivity index (χ1n) is 13.8. The van der Waals surface area contributed by atoms with Gasteiger partial charge >= 0.3 is 0 Å². The monoisotopic (exact) mass is 508 g/mol. The Labute approximate surface area is 222 Å². The molecule has 1 fully saturated rings. The third-order valence-electron chi connectivity index (χ3n) is 7.05. The molecular weight excluding hydrogens is 464 g/mol. The van der Waals surface area contributed by atoms with Gasteiger partial charge in [0.25, 0.3) is 5.91 Å². The lowest BCUT2D eigenvalue weighted by atomic mass is 9.98. The molecule has 7 nitrogen and oxygen atoms in total. The summed E-state index contributed by atoms with van der Waals surface area (Å²) in [6.45, 7) is 9.82. The van der Waals surface area contributed by atoms with Crippen LogP contribution in [-0.2, 0) is 16.1 Å². The molecule has 2 aromatic carbocycles. The standard InChI is InChI=1S/C30H44N4O3/c1-4-6-13-25(5-2)29(35)32-26-14-15-28(27(22-26)30(36)31-16-10-21-37-3)34-19-17-33(18-20-34)23-24-11-8-7-9-12-24/h7-9,11-12,14-15,22,25H,4-6,10,13,16-21,23H2,1-3H3,(H,31,36)(H,32,35). The van der Waals surface area contributed by atoms with Gasteiger partial charge in [0.15, 0.2) is 0 Å². The second-order valence-electron chi connectivity index (χ2n) is 9.82. The number of methoxy groups -OCH3 is 1. The van der Waals surface area contributed by atoms with E-state index in [4.69, 9.17) is 4.74 Å². The highest BCUT2D eigenvalue weighted by molar-refractivity contribution is 6.02. The molecule has 7 heteroatoms.